The number of anilines is 1. The van der Waals surface area contributed by atoms with Crippen LogP contribution in [0.3, 0.4) is 0 Å². The Balaban J connectivity index is 1.91. The van der Waals surface area contributed by atoms with E-state index < -0.39 is 11.9 Å². The van der Waals surface area contributed by atoms with Gasteiger partial charge in [0, 0.05) is 10.2 Å². The van der Waals surface area contributed by atoms with Gasteiger partial charge in [-0.3, -0.25) is 4.79 Å². The van der Waals surface area contributed by atoms with Crippen LogP contribution in [0.15, 0.2) is 33.3 Å². The van der Waals surface area contributed by atoms with E-state index in [1.165, 1.54) is 0 Å². The van der Waals surface area contributed by atoms with Crippen molar-refractivity contribution in [2.45, 2.75) is 13.8 Å². The largest absolute Gasteiger partial charge is 0.452 e. The van der Waals surface area contributed by atoms with Crippen LogP contribution in [0, 0.1) is 13.8 Å². The summed E-state index contributed by atoms with van der Waals surface area (Å²) in [5.41, 5.74) is 1.30. The lowest BCUT2D eigenvalue weighted by molar-refractivity contribution is -0.119. The number of esters is 1. The Morgan fingerprint density at radius 1 is 1.38 bits per heavy atom. The summed E-state index contributed by atoms with van der Waals surface area (Å²) in [6.45, 7) is 2.86. The van der Waals surface area contributed by atoms with Crippen LogP contribution in [0.2, 0.25) is 0 Å². The van der Waals surface area contributed by atoms with Gasteiger partial charge in [-0.15, -0.1) is 0 Å². The molecule has 0 radical (unpaired) electrons. The lowest BCUT2D eigenvalue weighted by Gasteiger charge is -2.06. The number of hydrogen-bond acceptors (Lipinski definition) is 5. The lowest BCUT2D eigenvalue weighted by Crippen LogP contribution is -2.21. The first-order valence-electron chi connectivity index (χ1n) is 6.13. The normalized spacial score (nSPS) is 10.2. The van der Waals surface area contributed by atoms with Crippen LogP contribution >= 0.6 is 15.9 Å². The third-order valence-corrected chi connectivity index (χ3v) is 3.17. The smallest absolute Gasteiger partial charge is 0.344 e. The number of ether oxygens (including phenoxy) is 1. The molecule has 1 aromatic carbocycles. The van der Waals surface area contributed by atoms with E-state index in [0.29, 0.717) is 17.1 Å². The van der Waals surface area contributed by atoms with Gasteiger partial charge in [0.2, 0.25) is 0 Å². The monoisotopic (exact) mass is 352 g/mol. The quantitative estimate of drug-likeness (QED) is 0.855. The Morgan fingerprint density at radius 2 is 2.14 bits per heavy atom. The van der Waals surface area contributed by atoms with Gasteiger partial charge >= 0.3 is 5.97 Å². The highest BCUT2D eigenvalue weighted by Crippen LogP contribution is 2.16. The highest BCUT2D eigenvalue weighted by Gasteiger charge is 2.19. The zero-order chi connectivity index (χ0) is 15.4. The molecule has 0 atom stereocenters. The molecule has 0 aliphatic heterocycles. The zero-order valence-corrected chi connectivity index (χ0v) is 13.1. The fourth-order valence-electron chi connectivity index (χ4n) is 1.74. The average Bonchev–Trinajstić information content (AvgIpc) is 2.76. The van der Waals surface area contributed by atoms with Crippen LogP contribution in [0.1, 0.15) is 21.8 Å². The predicted molar refractivity (Wildman–Crippen MR) is 79.0 cm³/mol. The summed E-state index contributed by atoms with van der Waals surface area (Å²) in [6, 6.07) is 7.11. The molecule has 0 spiro atoms. The van der Waals surface area contributed by atoms with Gasteiger partial charge in [-0.05, 0) is 32.0 Å². The van der Waals surface area contributed by atoms with Gasteiger partial charge in [0.25, 0.3) is 5.91 Å². The summed E-state index contributed by atoms with van der Waals surface area (Å²) in [4.78, 5) is 23.6. The molecular formula is C14H13BrN2O4. The Morgan fingerprint density at radius 3 is 2.76 bits per heavy atom. The topological polar surface area (TPSA) is 81.4 Å². The number of carbonyl (C=O) groups excluding carboxylic acids is 2. The molecule has 2 rings (SSSR count). The summed E-state index contributed by atoms with van der Waals surface area (Å²) >= 11 is 3.30. The highest BCUT2D eigenvalue weighted by atomic mass is 79.9. The Hall–Kier alpha value is -2.15. The molecule has 1 heterocycles. The maximum Gasteiger partial charge on any atom is 0.344 e. The summed E-state index contributed by atoms with van der Waals surface area (Å²) < 4.78 is 10.7. The molecule has 1 aromatic heterocycles. The Bertz CT molecular complexity index is 662. The molecule has 0 bridgehead atoms. The average molecular weight is 353 g/mol. The van der Waals surface area contributed by atoms with Gasteiger partial charge in [-0.25, -0.2) is 4.79 Å². The molecule has 0 saturated heterocycles. The van der Waals surface area contributed by atoms with Crippen molar-refractivity contribution in [3.05, 3.63) is 45.8 Å². The molecule has 110 valence electrons. The number of nitrogens with zero attached hydrogens (tertiary/aromatic N) is 1. The van der Waals surface area contributed by atoms with Crippen molar-refractivity contribution in [3.8, 4) is 0 Å². The van der Waals surface area contributed by atoms with Gasteiger partial charge < -0.3 is 14.6 Å². The molecule has 0 aliphatic carbocycles. The maximum atomic E-state index is 11.8. The lowest BCUT2D eigenvalue weighted by atomic mass is 10.2. The van der Waals surface area contributed by atoms with Crippen LogP contribution in [0.25, 0.3) is 0 Å². The van der Waals surface area contributed by atoms with Crippen LogP contribution in [-0.2, 0) is 9.53 Å². The molecule has 6 nitrogen and oxygen atoms in total. The third kappa shape index (κ3) is 3.91. The van der Waals surface area contributed by atoms with E-state index >= 15 is 0 Å². The van der Waals surface area contributed by atoms with E-state index in [4.69, 9.17) is 9.26 Å². The molecule has 0 saturated carbocycles. The third-order valence-electron chi connectivity index (χ3n) is 2.68. The van der Waals surface area contributed by atoms with Gasteiger partial charge in [0.05, 0.1) is 5.69 Å². The van der Waals surface area contributed by atoms with Crippen molar-refractivity contribution in [2.24, 2.45) is 0 Å². The molecule has 2 aromatic rings. The number of rotatable bonds is 4. The number of amides is 1. The van der Waals surface area contributed by atoms with E-state index in [2.05, 4.69) is 26.4 Å². The molecule has 0 fully saturated rings. The summed E-state index contributed by atoms with van der Waals surface area (Å²) in [7, 11) is 0. The second kappa shape index (κ2) is 6.53. The van der Waals surface area contributed by atoms with Gasteiger partial charge in [-0.1, -0.05) is 27.2 Å². The molecule has 1 amide bonds. The van der Waals surface area contributed by atoms with Crippen molar-refractivity contribution >= 4 is 33.5 Å². The van der Waals surface area contributed by atoms with Crippen molar-refractivity contribution in [2.75, 3.05) is 11.9 Å². The maximum absolute atomic E-state index is 11.8. The van der Waals surface area contributed by atoms with E-state index in [0.717, 1.165) is 4.47 Å². The van der Waals surface area contributed by atoms with Crippen molar-refractivity contribution in [3.63, 3.8) is 0 Å². The molecule has 21 heavy (non-hydrogen) atoms. The molecule has 7 heteroatoms. The number of benzene rings is 1. The van der Waals surface area contributed by atoms with E-state index in [1.807, 2.05) is 6.07 Å². The van der Waals surface area contributed by atoms with E-state index in [1.54, 1.807) is 32.0 Å². The van der Waals surface area contributed by atoms with Crippen molar-refractivity contribution in [1.82, 2.24) is 5.16 Å². The number of halogens is 1. The second-order valence-electron chi connectivity index (χ2n) is 4.33. The number of aromatic nitrogens is 1. The second-order valence-corrected chi connectivity index (χ2v) is 5.25. The van der Waals surface area contributed by atoms with Crippen molar-refractivity contribution < 1.29 is 18.8 Å². The van der Waals surface area contributed by atoms with E-state index in [9.17, 15) is 9.59 Å². The Labute approximate surface area is 129 Å². The summed E-state index contributed by atoms with van der Waals surface area (Å²) in [5.74, 6) is -0.686. The zero-order valence-electron chi connectivity index (χ0n) is 11.5. The number of hydrogen-bond donors (Lipinski definition) is 1. The van der Waals surface area contributed by atoms with Crippen LogP contribution in [0.5, 0.6) is 0 Å². The van der Waals surface area contributed by atoms with Gasteiger partial charge in [0.15, 0.2) is 6.61 Å². The number of nitrogens with one attached hydrogen (secondary N) is 1. The Kier molecular flexibility index (Phi) is 4.74. The summed E-state index contributed by atoms with van der Waals surface area (Å²) in [6.07, 6.45) is 0. The van der Waals surface area contributed by atoms with Crippen LogP contribution < -0.4 is 5.32 Å². The molecule has 1 N–H and O–H groups in total. The van der Waals surface area contributed by atoms with E-state index in [-0.39, 0.29) is 12.2 Å². The first kappa shape index (κ1) is 15.2. The van der Waals surface area contributed by atoms with Gasteiger partial charge in [-0.2, -0.15) is 0 Å². The standard InChI is InChI=1S/C14H13BrN2O4/c1-8-13(9(2)21-17-8)14(19)20-7-12(18)16-11-5-3-4-10(15)6-11/h3-6H,7H2,1-2H3,(H,16,18). The molecular weight excluding hydrogens is 340 g/mol. The summed E-state index contributed by atoms with van der Waals surface area (Å²) in [5, 5.41) is 6.29. The molecule has 0 aliphatic rings. The van der Waals surface area contributed by atoms with Gasteiger partial charge in [0.1, 0.15) is 11.3 Å². The minimum atomic E-state index is -0.629. The van der Waals surface area contributed by atoms with Crippen LogP contribution in [-0.4, -0.2) is 23.6 Å². The first-order valence-corrected chi connectivity index (χ1v) is 6.92. The minimum absolute atomic E-state index is 0.255. The molecule has 0 unspecified atom stereocenters. The first-order chi connectivity index (χ1) is 9.97. The highest BCUT2D eigenvalue weighted by molar-refractivity contribution is 9.10. The SMILES string of the molecule is Cc1noc(C)c1C(=O)OCC(=O)Nc1cccc(Br)c1. The number of aryl methyl sites for hydroxylation is 2. The number of carbonyl (C=O) groups is 2. The van der Waals surface area contributed by atoms with Crippen LogP contribution in [0.4, 0.5) is 5.69 Å². The minimum Gasteiger partial charge on any atom is -0.452 e. The fraction of sp³-hybridized carbons (Fsp3) is 0.214. The fourth-order valence-corrected chi connectivity index (χ4v) is 2.14. The predicted octanol–water partition coefficient (Wildman–Crippen LogP) is 2.85. The van der Waals surface area contributed by atoms with Crippen molar-refractivity contribution in [1.29, 1.82) is 0 Å².